The first kappa shape index (κ1) is 16.3. The molecule has 2 rings (SSSR count). The van der Waals surface area contributed by atoms with Crippen molar-refractivity contribution in [2.75, 3.05) is 7.11 Å². The summed E-state index contributed by atoms with van der Waals surface area (Å²) < 4.78 is 7.33. The van der Waals surface area contributed by atoms with E-state index in [0.29, 0.717) is 10.7 Å². The van der Waals surface area contributed by atoms with Gasteiger partial charge in [0.15, 0.2) is 5.69 Å². The van der Waals surface area contributed by atoms with Gasteiger partial charge in [-0.15, -0.1) is 0 Å². The summed E-state index contributed by atoms with van der Waals surface area (Å²) in [6, 6.07) is 7.43. The van der Waals surface area contributed by atoms with Crippen LogP contribution < -0.4 is 0 Å². The average molecular weight is 419 g/mol. The Morgan fingerprint density at radius 2 is 1.95 bits per heavy atom. The number of benzene rings is 1. The molecule has 0 radical (unpaired) electrons. The van der Waals surface area contributed by atoms with Crippen LogP contribution in [-0.2, 0) is 10.2 Å². The summed E-state index contributed by atoms with van der Waals surface area (Å²) in [6.07, 6.45) is 0. The highest BCUT2D eigenvalue weighted by molar-refractivity contribution is 14.1. The molecule has 0 saturated heterocycles. The standard InChI is InChI=1S/C15H16ClIN2O2/c1-15(2,3)13-11(17)12(14(20)21-4)18-19(13)10-8-6-5-7-9(10)16/h5-8H,1-4H3. The van der Waals surface area contributed by atoms with E-state index in [-0.39, 0.29) is 5.41 Å². The van der Waals surface area contributed by atoms with Crippen LogP contribution >= 0.6 is 34.2 Å². The number of halogens is 2. The number of carbonyl (C=O) groups is 1. The minimum Gasteiger partial charge on any atom is -0.464 e. The molecule has 112 valence electrons. The van der Waals surface area contributed by atoms with Crippen LogP contribution in [0.4, 0.5) is 0 Å². The minimum absolute atomic E-state index is 0.199. The maximum Gasteiger partial charge on any atom is 0.359 e. The third-order valence-corrected chi connectivity index (χ3v) is 4.34. The predicted molar refractivity (Wildman–Crippen MR) is 91.3 cm³/mol. The minimum atomic E-state index is -0.448. The number of methoxy groups -OCH3 is 1. The Kier molecular flexibility index (Phi) is 4.63. The largest absolute Gasteiger partial charge is 0.464 e. The fourth-order valence-electron chi connectivity index (χ4n) is 2.07. The quantitative estimate of drug-likeness (QED) is 0.542. The third kappa shape index (κ3) is 3.08. The fraction of sp³-hybridized carbons (Fsp3) is 0.333. The number of esters is 1. The number of rotatable bonds is 2. The second-order valence-electron chi connectivity index (χ2n) is 5.62. The molecule has 1 heterocycles. The maximum atomic E-state index is 11.9. The van der Waals surface area contributed by atoms with Crippen LogP contribution in [0.15, 0.2) is 24.3 Å². The smallest absolute Gasteiger partial charge is 0.359 e. The molecule has 1 aromatic carbocycles. The molecule has 0 unspecified atom stereocenters. The van der Waals surface area contributed by atoms with Crippen molar-refractivity contribution in [3.8, 4) is 5.69 Å². The van der Waals surface area contributed by atoms with Gasteiger partial charge in [0.1, 0.15) is 0 Å². The number of nitrogens with zero attached hydrogens (tertiary/aromatic N) is 2. The number of para-hydroxylation sites is 1. The van der Waals surface area contributed by atoms with Gasteiger partial charge < -0.3 is 4.74 Å². The molecule has 0 atom stereocenters. The summed E-state index contributed by atoms with van der Waals surface area (Å²) in [5, 5.41) is 5.01. The molecular weight excluding hydrogens is 403 g/mol. The molecule has 0 aliphatic rings. The second-order valence-corrected chi connectivity index (χ2v) is 7.10. The molecule has 0 amide bonds. The summed E-state index contributed by atoms with van der Waals surface area (Å²) in [5.41, 5.74) is 1.78. The summed E-state index contributed by atoms with van der Waals surface area (Å²) in [7, 11) is 1.35. The van der Waals surface area contributed by atoms with Gasteiger partial charge >= 0.3 is 5.97 Å². The van der Waals surface area contributed by atoms with Crippen LogP contribution in [0.2, 0.25) is 5.02 Å². The Morgan fingerprint density at radius 3 is 2.48 bits per heavy atom. The molecule has 2 aromatic rings. The van der Waals surface area contributed by atoms with E-state index in [4.69, 9.17) is 16.3 Å². The van der Waals surface area contributed by atoms with E-state index in [1.54, 1.807) is 10.7 Å². The van der Waals surface area contributed by atoms with Crippen LogP contribution in [0.25, 0.3) is 5.69 Å². The van der Waals surface area contributed by atoms with Gasteiger partial charge in [-0.2, -0.15) is 5.10 Å². The first-order valence-electron chi connectivity index (χ1n) is 6.39. The first-order chi connectivity index (χ1) is 9.77. The van der Waals surface area contributed by atoms with Gasteiger partial charge in [0.2, 0.25) is 0 Å². The molecule has 1 aromatic heterocycles. The van der Waals surface area contributed by atoms with Crippen LogP contribution in [0.3, 0.4) is 0 Å². The zero-order valence-corrected chi connectivity index (χ0v) is 15.2. The maximum absolute atomic E-state index is 11.9. The number of hydrogen-bond donors (Lipinski definition) is 0. The molecule has 0 fully saturated rings. The number of hydrogen-bond acceptors (Lipinski definition) is 3. The SMILES string of the molecule is COC(=O)c1nn(-c2ccccc2Cl)c(C(C)(C)C)c1I. The molecular formula is C15H16ClIN2O2. The van der Waals surface area contributed by atoms with Crippen LogP contribution in [0.1, 0.15) is 37.0 Å². The van der Waals surface area contributed by atoms with Gasteiger partial charge in [-0.1, -0.05) is 44.5 Å². The molecule has 4 nitrogen and oxygen atoms in total. The second kappa shape index (κ2) is 5.96. The predicted octanol–water partition coefficient (Wildman–Crippen LogP) is 4.21. The summed E-state index contributed by atoms with van der Waals surface area (Å²) in [4.78, 5) is 11.9. The first-order valence-corrected chi connectivity index (χ1v) is 7.85. The molecule has 0 spiro atoms. The average Bonchev–Trinajstić information content (AvgIpc) is 2.75. The Hall–Kier alpha value is -1.08. The summed E-state index contributed by atoms with van der Waals surface area (Å²) in [5.74, 6) is -0.448. The lowest BCUT2D eigenvalue weighted by atomic mass is 9.91. The van der Waals surface area contributed by atoms with E-state index < -0.39 is 5.97 Å². The van der Waals surface area contributed by atoms with Gasteiger partial charge in [0.05, 0.1) is 27.1 Å². The van der Waals surface area contributed by atoms with Crippen LogP contribution in [0.5, 0.6) is 0 Å². The lowest BCUT2D eigenvalue weighted by Crippen LogP contribution is -2.19. The van der Waals surface area contributed by atoms with Crippen molar-refractivity contribution >= 4 is 40.2 Å². The van der Waals surface area contributed by atoms with E-state index in [1.165, 1.54) is 7.11 Å². The summed E-state index contributed by atoms with van der Waals surface area (Å²) in [6.45, 7) is 6.21. The lowest BCUT2D eigenvalue weighted by molar-refractivity contribution is 0.0592. The van der Waals surface area contributed by atoms with E-state index in [2.05, 4.69) is 48.5 Å². The zero-order valence-electron chi connectivity index (χ0n) is 12.3. The van der Waals surface area contributed by atoms with E-state index in [1.807, 2.05) is 18.2 Å². The van der Waals surface area contributed by atoms with E-state index in [0.717, 1.165) is 15.0 Å². The highest BCUT2D eigenvalue weighted by Crippen LogP contribution is 2.33. The van der Waals surface area contributed by atoms with Crippen molar-refractivity contribution in [3.05, 3.63) is 44.2 Å². The van der Waals surface area contributed by atoms with E-state index in [9.17, 15) is 4.79 Å². The Labute approximate surface area is 142 Å². The Bertz CT molecular complexity index is 689. The summed E-state index contributed by atoms with van der Waals surface area (Å²) >= 11 is 8.41. The zero-order chi connectivity index (χ0) is 15.8. The number of ether oxygens (including phenoxy) is 1. The van der Waals surface area contributed by atoms with Gasteiger partial charge in [-0.3, -0.25) is 0 Å². The van der Waals surface area contributed by atoms with Crippen molar-refractivity contribution < 1.29 is 9.53 Å². The van der Waals surface area contributed by atoms with Crippen molar-refractivity contribution in [1.29, 1.82) is 0 Å². The highest BCUT2D eigenvalue weighted by atomic mass is 127. The highest BCUT2D eigenvalue weighted by Gasteiger charge is 2.30. The van der Waals surface area contributed by atoms with Crippen molar-refractivity contribution in [2.45, 2.75) is 26.2 Å². The van der Waals surface area contributed by atoms with Gasteiger partial charge in [0, 0.05) is 5.41 Å². The van der Waals surface area contributed by atoms with Crippen molar-refractivity contribution in [1.82, 2.24) is 9.78 Å². The molecule has 6 heteroatoms. The third-order valence-electron chi connectivity index (χ3n) is 3.00. The molecule has 0 aliphatic heterocycles. The lowest BCUT2D eigenvalue weighted by Gasteiger charge is -2.21. The van der Waals surface area contributed by atoms with Gasteiger partial charge in [-0.05, 0) is 34.7 Å². The van der Waals surface area contributed by atoms with Gasteiger partial charge in [0.25, 0.3) is 0 Å². The molecule has 21 heavy (non-hydrogen) atoms. The van der Waals surface area contributed by atoms with Crippen LogP contribution in [0, 0.1) is 3.57 Å². The molecule has 0 N–H and O–H groups in total. The van der Waals surface area contributed by atoms with E-state index >= 15 is 0 Å². The fourth-order valence-corrected chi connectivity index (χ4v) is 3.65. The van der Waals surface area contributed by atoms with Crippen molar-refractivity contribution in [3.63, 3.8) is 0 Å². The van der Waals surface area contributed by atoms with Gasteiger partial charge in [-0.25, -0.2) is 9.48 Å². The molecule has 0 bridgehead atoms. The topological polar surface area (TPSA) is 44.1 Å². The normalized spacial score (nSPS) is 11.5. The molecule has 0 aliphatic carbocycles. The Morgan fingerprint density at radius 1 is 1.33 bits per heavy atom. The number of carbonyl (C=O) groups excluding carboxylic acids is 1. The monoisotopic (exact) mass is 418 g/mol. The molecule has 0 saturated carbocycles. The van der Waals surface area contributed by atoms with Crippen LogP contribution in [-0.4, -0.2) is 22.9 Å². The number of aromatic nitrogens is 2. The Balaban J connectivity index is 2.77. The van der Waals surface area contributed by atoms with Crippen molar-refractivity contribution in [2.24, 2.45) is 0 Å².